The Hall–Kier alpha value is -1.76. The first-order valence-electron chi connectivity index (χ1n) is 5.50. The average molecular weight is 287 g/mol. The summed E-state index contributed by atoms with van der Waals surface area (Å²) in [6.07, 6.45) is -2.80. The smallest absolute Gasteiger partial charge is 0.398 e. The van der Waals surface area contributed by atoms with E-state index >= 15 is 0 Å². The normalized spacial score (nSPS) is 13.3. The quantitative estimate of drug-likeness (QED) is 0.841. The molecular weight excluding hydrogens is 275 g/mol. The minimum Gasteiger partial charge on any atom is -0.398 e. The Kier molecular flexibility index (Phi) is 3.66. The van der Waals surface area contributed by atoms with E-state index in [4.69, 9.17) is 5.73 Å². The second-order valence-electron chi connectivity index (χ2n) is 4.04. The number of alkyl halides is 3. The van der Waals surface area contributed by atoms with Gasteiger partial charge >= 0.3 is 6.18 Å². The van der Waals surface area contributed by atoms with Crippen LogP contribution in [0.1, 0.15) is 23.5 Å². The molecule has 7 heteroatoms. The molecule has 0 aliphatic rings. The Morgan fingerprint density at radius 1 is 1.37 bits per heavy atom. The maximum Gasteiger partial charge on any atom is 0.418 e. The van der Waals surface area contributed by atoms with Gasteiger partial charge in [-0.25, -0.2) is 4.98 Å². The van der Waals surface area contributed by atoms with Gasteiger partial charge in [0.1, 0.15) is 5.01 Å². The van der Waals surface area contributed by atoms with Gasteiger partial charge in [-0.1, -0.05) is 0 Å². The van der Waals surface area contributed by atoms with E-state index in [1.165, 1.54) is 23.5 Å². The van der Waals surface area contributed by atoms with Crippen molar-refractivity contribution in [2.75, 3.05) is 11.1 Å². The summed E-state index contributed by atoms with van der Waals surface area (Å²) in [4.78, 5) is 4.11. The maximum absolute atomic E-state index is 12.7. The van der Waals surface area contributed by atoms with Crippen LogP contribution in [0.25, 0.3) is 0 Å². The lowest BCUT2D eigenvalue weighted by molar-refractivity contribution is -0.136. The molecule has 0 bridgehead atoms. The Morgan fingerprint density at radius 2 is 2.11 bits per heavy atom. The number of nitrogen functional groups attached to an aromatic ring is 1. The van der Waals surface area contributed by atoms with Gasteiger partial charge in [-0.2, -0.15) is 13.2 Å². The van der Waals surface area contributed by atoms with Gasteiger partial charge < -0.3 is 11.1 Å². The van der Waals surface area contributed by atoms with Crippen LogP contribution in [0.2, 0.25) is 0 Å². The summed E-state index contributed by atoms with van der Waals surface area (Å²) >= 11 is 1.44. The summed E-state index contributed by atoms with van der Waals surface area (Å²) in [5, 5.41) is 5.60. The largest absolute Gasteiger partial charge is 0.418 e. The summed E-state index contributed by atoms with van der Waals surface area (Å²) in [7, 11) is 0. The Labute approximate surface area is 112 Å². The van der Waals surface area contributed by atoms with E-state index in [0.29, 0.717) is 5.69 Å². The number of nitrogens with zero attached hydrogens (tertiary/aromatic N) is 1. The zero-order chi connectivity index (χ0) is 14.0. The van der Waals surface area contributed by atoms with E-state index < -0.39 is 11.7 Å². The van der Waals surface area contributed by atoms with Crippen LogP contribution in [0.3, 0.4) is 0 Å². The number of thiazole rings is 1. The van der Waals surface area contributed by atoms with Crippen LogP contribution in [-0.4, -0.2) is 4.98 Å². The highest BCUT2D eigenvalue weighted by Crippen LogP contribution is 2.35. The number of benzene rings is 1. The molecule has 2 rings (SSSR count). The van der Waals surface area contributed by atoms with E-state index in [0.717, 1.165) is 11.1 Å². The molecule has 1 aromatic heterocycles. The van der Waals surface area contributed by atoms with E-state index in [1.54, 1.807) is 6.20 Å². The van der Waals surface area contributed by atoms with Crippen LogP contribution in [0, 0.1) is 0 Å². The molecule has 1 unspecified atom stereocenters. The zero-order valence-electron chi connectivity index (χ0n) is 10.0. The molecule has 0 amide bonds. The summed E-state index contributed by atoms with van der Waals surface area (Å²) in [5.41, 5.74) is 4.60. The number of hydrogen-bond donors (Lipinski definition) is 2. The third-order valence-electron chi connectivity index (χ3n) is 2.56. The van der Waals surface area contributed by atoms with Crippen molar-refractivity contribution >= 4 is 22.7 Å². The Bertz CT molecular complexity index is 552. The first-order chi connectivity index (χ1) is 8.88. The van der Waals surface area contributed by atoms with Crippen molar-refractivity contribution in [3.8, 4) is 0 Å². The Balaban J connectivity index is 2.22. The molecule has 3 N–H and O–H groups in total. The molecule has 0 aliphatic heterocycles. The summed E-state index contributed by atoms with van der Waals surface area (Å²) in [5.74, 6) is 0. The molecule has 102 valence electrons. The van der Waals surface area contributed by atoms with Crippen LogP contribution in [0.5, 0.6) is 0 Å². The summed E-state index contributed by atoms with van der Waals surface area (Å²) in [6, 6.07) is 3.62. The summed E-state index contributed by atoms with van der Waals surface area (Å²) < 4.78 is 38.2. The predicted octanol–water partition coefficient (Wildman–Crippen LogP) is 3.92. The van der Waals surface area contributed by atoms with Gasteiger partial charge in [0.05, 0.1) is 11.6 Å². The lowest BCUT2D eigenvalue weighted by atomic mass is 10.1. The van der Waals surface area contributed by atoms with Gasteiger partial charge in [0, 0.05) is 23.0 Å². The van der Waals surface area contributed by atoms with E-state index in [1.807, 2.05) is 12.3 Å². The second-order valence-corrected chi connectivity index (χ2v) is 4.96. The molecule has 0 saturated heterocycles. The number of aromatic nitrogens is 1. The molecular formula is C12H12F3N3S. The number of hydrogen-bond acceptors (Lipinski definition) is 4. The van der Waals surface area contributed by atoms with Crippen LogP contribution < -0.4 is 11.1 Å². The van der Waals surface area contributed by atoms with Gasteiger partial charge in [-0.3, -0.25) is 0 Å². The molecule has 1 atom stereocenters. The van der Waals surface area contributed by atoms with Crippen LogP contribution >= 0.6 is 11.3 Å². The fourth-order valence-electron chi connectivity index (χ4n) is 1.65. The zero-order valence-corrected chi connectivity index (χ0v) is 10.8. The van der Waals surface area contributed by atoms with Crippen molar-refractivity contribution < 1.29 is 13.2 Å². The molecule has 0 radical (unpaired) electrons. The summed E-state index contributed by atoms with van der Waals surface area (Å²) in [6.45, 7) is 1.84. The van der Waals surface area contributed by atoms with Gasteiger partial charge in [0.15, 0.2) is 0 Å². The van der Waals surface area contributed by atoms with Crippen molar-refractivity contribution in [1.82, 2.24) is 4.98 Å². The number of halogens is 3. The van der Waals surface area contributed by atoms with Gasteiger partial charge in [-0.05, 0) is 25.1 Å². The number of anilines is 2. The molecule has 0 saturated carbocycles. The number of nitrogens with two attached hydrogens (primary N) is 1. The molecule has 0 spiro atoms. The first kappa shape index (κ1) is 13.7. The molecule has 19 heavy (non-hydrogen) atoms. The molecule has 1 heterocycles. The highest BCUT2D eigenvalue weighted by molar-refractivity contribution is 7.09. The fraction of sp³-hybridized carbons (Fsp3) is 0.250. The van der Waals surface area contributed by atoms with E-state index in [2.05, 4.69) is 10.3 Å². The Morgan fingerprint density at radius 3 is 2.68 bits per heavy atom. The van der Waals surface area contributed by atoms with Crippen LogP contribution in [-0.2, 0) is 6.18 Å². The van der Waals surface area contributed by atoms with Crippen molar-refractivity contribution in [3.05, 3.63) is 40.3 Å². The minimum atomic E-state index is -4.45. The monoisotopic (exact) mass is 287 g/mol. The fourth-order valence-corrected chi connectivity index (χ4v) is 2.30. The third-order valence-corrected chi connectivity index (χ3v) is 3.52. The molecule has 0 aliphatic carbocycles. The SMILES string of the molecule is CC(Nc1ccc(N)c(C(F)(F)F)c1)c1nccs1. The van der Waals surface area contributed by atoms with Crippen molar-refractivity contribution in [2.24, 2.45) is 0 Å². The lowest BCUT2D eigenvalue weighted by Crippen LogP contribution is -2.11. The van der Waals surface area contributed by atoms with Crippen LogP contribution in [0.15, 0.2) is 29.8 Å². The average Bonchev–Trinajstić information content (AvgIpc) is 2.83. The highest BCUT2D eigenvalue weighted by atomic mass is 32.1. The first-order valence-corrected chi connectivity index (χ1v) is 6.38. The van der Waals surface area contributed by atoms with Gasteiger partial charge in [0.2, 0.25) is 0 Å². The van der Waals surface area contributed by atoms with Crippen molar-refractivity contribution in [3.63, 3.8) is 0 Å². The topological polar surface area (TPSA) is 50.9 Å². The minimum absolute atomic E-state index is 0.162. The molecule has 3 nitrogen and oxygen atoms in total. The highest BCUT2D eigenvalue weighted by Gasteiger charge is 2.33. The van der Waals surface area contributed by atoms with E-state index in [-0.39, 0.29) is 11.7 Å². The standard InChI is InChI=1S/C12H12F3N3S/c1-7(11-17-4-5-19-11)18-8-2-3-10(16)9(6-8)12(13,14)15/h2-7,18H,16H2,1H3. The number of nitrogens with one attached hydrogen (secondary N) is 1. The van der Waals surface area contributed by atoms with Gasteiger partial charge in [-0.15, -0.1) is 11.3 Å². The third kappa shape index (κ3) is 3.17. The lowest BCUT2D eigenvalue weighted by Gasteiger charge is -2.16. The van der Waals surface area contributed by atoms with Gasteiger partial charge in [0.25, 0.3) is 0 Å². The maximum atomic E-state index is 12.7. The molecule has 0 fully saturated rings. The molecule has 1 aromatic carbocycles. The predicted molar refractivity (Wildman–Crippen MR) is 70.0 cm³/mol. The van der Waals surface area contributed by atoms with Crippen LogP contribution in [0.4, 0.5) is 24.5 Å². The van der Waals surface area contributed by atoms with Crippen molar-refractivity contribution in [2.45, 2.75) is 19.1 Å². The van der Waals surface area contributed by atoms with E-state index in [9.17, 15) is 13.2 Å². The number of rotatable bonds is 3. The van der Waals surface area contributed by atoms with Crippen molar-refractivity contribution in [1.29, 1.82) is 0 Å². The molecule has 2 aromatic rings. The second kappa shape index (κ2) is 5.08.